The van der Waals surface area contributed by atoms with Crippen LogP contribution in [0.4, 0.5) is 0 Å². The van der Waals surface area contributed by atoms with Gasteiger partial charge in [0, 0.05) is 6.07 Å². The van der Waals surface area contributed by atoms with E-state index in [9.17, 15) is 9.90 Å². The molecule has 0 aromatic heterocycles. The van der Waals surface area contributed by atoms with Crippen molar-refractivity contribution < 1.29 is 28.8 Å². The first-order valence-corrected chi connectivity index (χ1v) is 7.87. The summed E-state index contributed by atoms with van der Waals surface area (Å²) in [5.74, 6) is 1.35. The highest BCUT2D eigenvalue weighted by Crippen LogP contribution is 2.47. The molecule has 0 spiro atoms. The van der Waals surface area contributed by atoms with Crippen molar-refractivity contribution in [2.24, 2.45) is 5.92 Å². The second-order valence-corrected chi connectivity index (χ2v) is 5.76. The third kappa shape index (κ3) is 3.07. The second-order valence-electron chi connectivity index (χ2n) is 5.76. The summed E-state index contributed by atoms with van der Waals surface area (Å²) < 4.78 is 21.9. The molecular weight excluding hydrogens is 324 g/mol. The maximum atomic E-state index is 13.0. The summed E-state index contributed by atoms with van der Waals surface area (Å²) in [6.07, 6.45) is 0.510. The molecule has 0 fully saturated rings. The number of aromatic hydroxyl groups is 1. The van der Waals surface area contributed by atoms with Crippen LogP contribution in [0.1, 0.15) is 15.9 Å². The van der Waals surface area contributed by atoms with Crippen LogP contribution in [0.2, 0.25) is 0 Å². The van der Waals surface area contributed by atoms with Crippen molar-refractivity contribution in [1.29, 1.82) is 0 Å². The fraction of sp³-hybridized carbons (Fsp3) is 0.316. The molecule has 0 amide bonds. The SMILES string of the molecule is COc1cc2c(c(OC)c1OC)C(=O)C(Cc1ccc(O)cc1)CO2. The monoisotopic (exact) mass is 344 g/mol. The lowest BCUT2D eigenvalue weighted by Gasteiger charge is -2.27. The maximum Gasteiger partial charge on any atom is 0.204 e. The van der Waals surface area contributed by atoms with Gasteiger partial charge < -0.3 is 24.1 Å². The van der Waals surface area contributed by atoms with Gasteiger partial charge in [-0.1, -0.05) is 12.1 Å². The number of carbonyl (C=O) groups excluding carboxylic acids is 1. The first kappa shape index (κ1) is 17.0. The van der Waals surface area contributed by atoms with E-state index in [1.807, 2.05) is 0 Å². The quantitative estimate of drug-likeness (QED) is 0.899. The molecule has 1 aliphatic rings. The second kappa shape index (κ2) is 6.93. The smallest absolute Gasteiger partial charge is 0.204 e. The summed E-state index contributed by atoms with van der Waals surface area (Å²) >= 11 is 0. The number of fused-ring (bicyclic) bond motifs is 1. The highest BCUT2D eigenvalue weighted by molar-refractivity contribution is 6.05. The number of phenolic OH excluding ortho intramolecular Hbond substituents is 1. The average molecular weight is 344 g/mol. The van der Waals surface area contributed by atoms with E-state index in [0.29, 0.717) is 35.0 Å². The van der Waals surface area contributed by atoms with Crippen LogP contribution in [0.3, 0.4) is 0 Å². The van der Waals surface area contributed by atoms with E-state index in [2.05, 4.69) is 0 Å². The largest absolute Gasteiger partial charge is 0.508 e. The van der Waals surface area contributed by atoms with Gasteiger partial charge in [0.15, 0.2) is 17.3 Å². The fourth-order valence-corrected chi connectivity index (χ4v) is 3.02. The fourth-order valence-electron chi connectivity index (χ4n) is 3.02. The van der Waals surface area contributed by atoms with Crippen LogP contribution in [0, 0.1) is 5.92 Å². The highest BCUT2D eigenvalue weighted by Gasteiger charge is 2.35. The number of methoxy groups -OCH3 is 3. The Morgan fingerprint density at radius 1 is 1.08 bits per heavy atom. The van der Waals surface area contributed by atoms with Crippen LogP contribution in [-0.2, 0) is 6.42 Å². The molecule has 6 heteroatoms. The zero-order chi connectivity index (χ0) is 18.0. The Morgan fingerprint density at radius 2 is 1.76 bits per heavy atom. The number of ketones is 1. The van der Waals surface area contributed by atoms with Crippen LogP contribution in [-0.4, -0.2) is 38.8 Å². The minimum Gasteiger partial charge on any atom is -0.508 e. The Hall–Kier alpha value is -2.89. The number of phenols is 1. The molecule has 0 saturated carbocycles. The number of ether oxygens (including phenoxy) is 4. The molecule has 0 bridgehead atoms. The number of hydrogen-bond donors (Lipinski definition) is 1. The topological polar surface area (TPSA) is 74.2 Å². The number of hydrogen-bond acceptors (Lipinski definition) is 6. The van der Waals surface area contributed by atoms with Crippen LogP contribution < -0.4 is 18.9 Å². The van der Waals surface area contributed by atoms with E-state index < -0.39 is 0 Å². The normalized spacial score (nSPS) is 16.0. The van der Waals surface area contributed by atoms with E-state index >= 15 is 0 Å². The molecule has 0 aliphatic carbocycles. The summed E-state index contributed by atoms with van der Waals surface area (Å²) in [6.45, 7) is 0.269. The van der Waals surface area contributed by atoms with Gasteiger partial charge in [-0.15, -0.1) is 0 Å². The van der Waals surface area contributed by atoms with Crippen molar-refractivity contribution in [3.63, 3.8) is 0 Å². The van der Waals surface area contributed by atoms with Crippen molar-refractivity contribution in [2.75, 3.05) is 27.9 Å². The van der Waals surface area contributed by atoms with Crippen molar-refractivity contribution in [1.82, 2.24) is 0 Å². The van der Waals surface area contributed by atoms with Gasteiger partial charge in [-0.2, -0.15) is 0 Å². The lowest BCUT2D eigenvalue weighted by Crippen LogP contribution is -2.30. The lowest BCUT2D eigenvalue weighted by atomic mass is 9.89. The van der Waals surface area contributed by atoms with Gasteiger partial charge in [0.05, 0.1) is 33.9 Å². The van der Waals surface area contributed by atoms with Gasteiger partial charge in [0.1, 0.15) is 17.1 Å². The molecular formula is C19H20O6. The van der Waals surface area contributed by atoms with E-state index in [1.54, 1.807) is 30.3 Å². The van der Waals surface area contributed by atoms with E-state index in [0.717, 1.165) is 5.56 Å². The van der Waals surface area contributed by atoms with E-state index in [1.165, 1.54) is 21.3 Å². The van der Waals surface area contributed by atoms with Crippen molar-refractivity contribution >= 4 is 5.78 Å². The minimum atomic E-state index is -0.343. The standard InChI is InChI=1S/C19H20O6/c1-22-15-9-14-16(19(24-3)18(15)23-2)17(21)12(10-25-14)8-11-4-6-13(20)7-5-11/h4-7,9,12,20H,8,10H2,1-3H3. The molecule has 2 aromatic rings. The van der Waals surface area contributed by atoms with Gasteiger partial charge >= 0.3 is 0 Å². The van der Waals surface area contributed by atoms with Gasteiger partial charge in [0.25, 0.3) is 0 Å². The van der Waals surface area contributed by atoms with Crippen LogP contribution in [0.5, 0.6) is 28.7 Å². The first-order valence-electron chi connectivity index (χ1n) is 7.87. The summed E-state index contributed by atoms with van der Waals surface area (Å²) in [5.41, 5.74) is 1.32. The van der Waals surface area contributed by atoms with Crippen LogP contribution in [0.15, 0.2) is 30.3 Å². The molecule has 6 nitrogen and oxygen atoms in total. The molecule has 1 aliphatic heterocycles. The first-order chi connectivity index (χ1) is 12.1. The summed E-state index contributed by atoms with van der Waals surface area (Å²) in [6, 6.07) is 8.44. The molecule has 0 saturated heterocycles. The molecule has 132 valence electrons. The van der Waals surface area contributed by atoms with Crippen molar-refractivity contribution in [3.05, 3.63) is 41.5 Å². The van der Waals surface area contributed by atoms with Crippen molar-refractivity contribution in [3.8, 4) is 28.7 Å². The molecule has 1 N–H and O–H groups in total. The number of Topliss-reactive ketones (excluding diaryl/α,β-unsaturated/α-hetero) is 1. The highest BCUT2D eigenvalue weighted by atomic mass is 16.5. The number of benzene rings is 2. The third-order valence-corrected chi connectivity index (χ3v) is 4.27. The minimum absolute atomic E-state index is 0.0628. The number of rotatable bonds is 5. The zero-order valence-corrected chi connectivity index (χ0v) is 14.4. The molecule has 1 unspecified atom stereocenters. The van der Waals surface area contributed by atoms with E-state index in [4.69, 9.17) is 18.9 Å². The lowest BCUT2D eigenvalue weighted by molar-refractivity contribution is 0.0824. The average Bonchev–Trinajstić information content (AvgIpc) is 2.64. The van der Waals surface area contributed by atoms with Crippen LogP contribution >= 0.6 is 0 Å². The van der Waals surface area contributed by atoms with Gasteiger partial charge in [-0.3, -0.25) is 4.79 Å². The van der Waals surface area contributed by atoms with E-state index in [-0.39, 0.29) is 24.1 Å². The molecule has 1 heterocycles. The van der Waals surface area contributed by atoms with Gasteiger partial charge in [0.2, 0.25) is 5.75 Å². The Kier molecular flexibility index (Phi) is 4.70. The summed E-state index contributed by atoms with van der Waals surface area (Å²) in [5, 5.41) is 9.39. The van der Waals surface area contributed by atoms with Gasteiger partial charge in [-0.25, -0.2) is 0 Å². The zero-order valence-electron chi connectivity index (χ0n) is 14.4. The van der Waals surface area contributed by atoms with Crippen LogP contribution in [0.25, 0.3) is 0 Å². The maximum absolute atomic E-state index is 13.0. The third-order valence-electron chi connectivity index (χ3n) is 4.27. The number of carbonyl (C=O) groups is 1. The molecule has 2 aromatic carbocycles. The Bertz CT molecular complexity index is 781. The molecule has 3 rings (SSSR count). The Balaban J connectivity index is 1.97. The molecule has 25 heavy (non-hydrogen) atoms. The molecule has 1 atom stereocenters. The summed E-state index contributed by atoms with van der Waals surface area (Å²) in [4.78, 5) is 13.0. The Labute approximate surface area is 145 Å². The summed E-state index contributed by atoms with van der Waals surface area (Å²) in [7, 11) is 4.49. The molecule has 0 radical (unpaired) electrons. The van der Waals surface area contributed by atoms with Gasteiger partial charge in [-0.05, 0) is 24.1 Å². The predicted octanol–water partition coefficient (Wildman–Crippen LogP) is 2.85. The Morgan fingerprint density at radius 3 is 2.36 bits per heavy atom. The van der Waals surface area contributed by atoms with Crippen molar-refractivity contribution in [2.45, 2.75) is 6.42 Å². The predicted molar refractivity (Wildman–Crippen MR) is 91.2 cm³/mol.